The first kappa shape index (κ1) is 13.5. The first-order chi connectivity index (χ1) is 7.79. The summed E-state index contributed by atoms with van der Waals surface area (Å²) in [6.45, 7) is 1.63. The van der Waals surface area contributed by atoms with Gasteiger partial charge in [0.2, 0.25) is 5.91 Å². The molecule has 3 N–H and O–H groups in total. The topological polar surface area (TPSA) is 66.6 Å². The van der Waals surface area contributed by atoms with Gasteiger partial charge in [-0.15, -0.1) is 0 Å². The van der Waals surface area contributed by atoms with E-state index in [4.69, 9.17) is 5.73 Å². The number of likely N-dealkylation sites (tertiary alicyclic amines) is 1. The summed E-state index contributed by atoms with van der Waals surface area (Å²) < 4.78 is 0. The fourth-order valence-corrected chi connectivity index (χ4v) is 2.26. The van der Waals surface area contributed by atoms with Gasteiger partial charge < -0.3 is 15.7 Å². The van der Waals surface area contributed by atoms with Gasteiger partial charge in [-0.1, -0.05) is 6.42 Å². The van der Waals surface area contributed by atoms with Crippen molar-refractivity contribution in [3.8, 4) is 0 Å². The highest BCUT2D eigenvalue weighted by Crippen LogP contribution is 2.18. The summed E-state index contributed by atoms with van der Waals surface area (Å²) in [7, 11) is 0. The maximum Gasteiger partial charge on any atom is 0.222 e. The molecule has 1 aliphatic rings. The number of nitrogens with two attached hydrogens (primary N) is 1. The van der Waals surface area contributed by atoms with Crippen LogP contribution in [0.3, 0.4) is 0 Å². The molecule has 16 heavy (non-hydrogen) atoms. The first-order valence-electron chi connectivity index (χ1n) is 6.40. The van der Waals surface area contributed by atoms with Crippen LogP contribution in [0.5, 0.6) is 0 Å². The van der Waals surface area contributed by atoms with Crippen LogP contribution in [-0.4, -0.2) is 41.7 Å². The fourth-order valence-electron chi connectivity index (χ4n) is 2.26. The number of carbonyl (C=O) groups excluding carboxylic acids is 1. The van der Waals surface area contributed by atoms with E-state index in [0.29, 0.717) is 13.0 Å². The van der Waals surface area contributed by atoms with Crippen LogP contribution in [0.4, 0.5) is 0 Å². The Morgan fingerprint density at radius 3 is 2.81 bits per heavy atom. The van der Waals surface area contributed by atoms with Crippen LogP contribution < -0.4 is 5.73 Å². The van der Waals surface area contributed by atoms with Crippen LogP contribution in [0.2, 0.25) is 0 Å². The van der Waals surface area contributed by atoms with Gasteiger partial charge in [-0.3, -0.25) is 4.79 Å². The average molecular weight is 228 g/mol. The van der Waals surface area contributed by atoms with Gasteiger partial charge in [0.15, 0.2) is 0 Å². The van der Waals surface area contributed by atoms with E-state index in [-0.39, 0.29) is 18.6 Å². The highest BCUT2D eigenvalue weighted by molar-refractivity contribution is 5.76. The number of aliphatic hydroxyl groups excluding tert-OH is 1. The molecule has 1 atom stereocenters. The molecule has 0 aliphatic carbocycles. The predicted octanol–water partition coefficient (Wildman–Crippen LogP) is 0.879. The van der Waals surface area contributed by atoms with Crippen molar-refractivity contribution in [2.45, 2.75) is 51.0 Å². The lowest BCUT2D eigenvalue weighted by molar-refractivity contribution is -0.136. The Balaban J connectivity index is 2.27. The van der Waals surface area contributed by atoms with Crippen molar-refractivity contribution >= 4 is 5.91 Å². The largest absolute Gasteiger partial charge is 0.394 e. The Labute approximate surface area is 97.8 Å². The predicted molar refractivity (Wildman–Crippen MR) is 64.0 cm³/mol. The second kappa shape index (κ2) is 7.63. The number of carbonyl (C=O) groups is 1. The van der Waals surface area contributed by atoms with Crippen LogP contribution in [0.25, 0.3) is 0 Å². The number of nitrogens with zero attached hydrogens (tertiary/aromatic N) is 1. The summed E-state index contributed by atoms with van der Waals surface area (Å²) in [6, 6.07) is 0.0655. The quantitative estimate of drug-likeness (QED) is 0.663. The van der Waals surface area contributed by atoms with E-state index in [1.54, 1.807) is 0 Å². The van der Waals surface area contributed by atoms with Gasteiger partial charge in [0.25, 0.3) is 0 Å². The van der Waals surface area contributed by atoms with Gasteiger partial charge in [0, 0.05) is 13.0 Å². The van der Waals surface area contributed by atoms with Crippen molar-refractivity contribution in [3.05, 3.63) is 0 Å². The number of piperidine rings is 1. The van der Waals surface area contributed by atoms with Crippen LogP contribution in [0.15, 0.2) is 0 Å². The van der Waals surface area contributed by atoms with Crippen molar-refractivity contribution in [2.75, 3.05) is 19.7 Å². The number of unbranched alkanes of at least 4 members (excludes halogenated alkanes) is 2. The molecular weight excluding hydrogens is 204 g/mol. The van der Waals surface area contributed by atoms with Crippen LogP contribution >= 0.6 is 0 Å². The highest BCUT2D eigenvalue weighted by atomic mass is 16.3. The molecule has 0 aromatic rings. The molecule has 0 spiro atoms. The third-order valence-corrected chi connectivity index (χ3v) is 3.25. The van der Waals surface area contributed by atoms with E-state index < -0.39 is 0 Å². The van der Waals surface area contributed by atoms with Gasteiger partial charge in [-0.05, 0) is 38.6 Å². The van der Waals surface area contributed by atoms with Gasteiger partial charge in [0.05, 0.1) is 12.6 Å². The Bertz CT molecular complexity index is 209. The zero-order valence-electron chi connectivity index (χ0n) is 10.0. The zero-order valence-corrected chi connectivity index (χ0v) is 10.0. The SMILES string of the molecule is NCCCCCC(=O)N1CCCCC1CO. The van der Waals surface area contributed by atoms with Crippen molar-refractivity contribution in [3.63, 3.8) is 0 Å². The van der Waals surface area contributed by atoms with E-state index >= 15 is 0 Å². The van der Waals surface area contributed by atoms with E-state index in [0.717, 1.165) is 45.1 Å². The molecule has 0 bridgehead atoms. The minimum absolute atomic E-state index is 0.0655. The van der Waals surface area contributed by atoms with Gasteiger partial charge in [-0.25, -0.2) is 0 Å². The van der Waals surface area contributed by atoms with Crippen molar-refractivity contribution in [2.24, 2.45) is 5.73 Å². The van der Waals surface area contributed by atoms with E-state index in [1.807, 2.05) is 4.90 Å². The van der Waals surface area contributed by atoms with Gasteiger partial charge >= 0.3 is 0 Å². The highest BCUT2D eigenvalue weighted by Gasteiger charge is 2.25. The standard InChI is InChI=1S/C12H24N2O2/c13-8-4-1-2-7-12(16)14-9-5-3-6-11(14)10-15/h11,15H,1-10,13H2. The summed E-state index contributed by atoms with van der Waals surface area (Å²) in [4.78, 5) is 13.8. The number of rotatable bonds is 6. The molecule has 1 amide bonds. The molecule has 4 heteroatoms. The Hall–Kier alpha value is -0.610. The first-order valence-corrected chi connectivity index (χ1v) is 6.40. The van der Waals surface area contributed by atoms with Crippen LogP contribution in [-0.2, 0) is 4.79 Å². The maximum atomic E-state index is 11.9. The lowest BCUT2D eigenvalue weighted by atomic mass is 10.0. The zero-order chi connectivity index (χ0) is 11.8. The number of hydrogen-bond donors (Lipinski definition) is 2. The minimum Gasteiger partial charge on any atom is -0.394 e. The van der Waals surface area contributed by atoms with Crippen LogP contribution in [0.1, 0.15) is 44.9 Å². The number of aliphatic hydroxyl groups is 1. The summed E-state index contributed by atoms with van der Waals surface area (Å²) in [6.07, 6.45) is 6.70. The number of hydrogen-bond acceptors (Lipinski definition) is 3. The second-order valence-electron chi connectivity index (χ2n) is 4.52. The van der Waals surface area contributed by atoms with E-state index in [9.17, 15) is 9.90 Å². The summed E-state index contributed by atoms with van der Waals surface area (Å²) >= 11 is 0. The lowest BCUT2D eigenvalue weighted by Gasteiger charge is -2.34. The molecule has 1 saturated heterocycles. The molecule has 1 unspecified atom stereocenters. The normalized spacial score (nSPS) is 21.1. The Morgan fingerprint density at radius 2 is 2.12 bits per heavy atom. The molecule has 0 radical (unpaired) electrons. The summed E-state index contributed by atoms with van der Waals surface area (Å²) in [5, 5.41) is 9.21. The third-order valence-electron chi connectivity index (χ3n) is 3.25. The van der Waals surface area contributed by atoms with Crippen molar-refractivity contribution in [1.29, 1.82) is 0 Å². The molecule has 4 nitrogen and oxygen atoms in total. The van der Waals surface area contributed by atoms with Gasteiger partial charge in [0.1, 0.15) is 0 Å². The Morgan fingerprint density at radius 1 is 1.31 bits per heavy atom. The average Bonchev–Trinajstić information content (AvgIpc) is 2.34. The third kappa shape index (κ3) is 4.10. The number of amides is 1. The summed E-state index contributed by atoms with van der Waals surface area (Å²) in [5.41, 5.74) is 5.40. The summed E-state index contributed by atoms with van der Waals surface area (Å²) in [5.74, 6) is 0.204. The molecule has 1 fully saturated rings. The van der Waals surface area contributed by atoms with E-state index in [2.05, 4.69) is 0 Å². The Kier molecular flexibility index (Phi) is 6.42. The molecule has 1 aliphatic heterocycles. The molecule has 0 aromatic heterocycles. The molecule has 0 saturated carbocycles. The van der Waals surface area contributed by atoms with Gasteiger partial charge in [-0.2, -0.15) is 0 Å². The van der Waals surface area contributed by atoms with Crippen LogP contribution in [0, 0.1) is 0 Å². The maximum absolute atomic E-state index is 11.9. The smallest absolute Gasteiger partial charge is 0.222 e. The monoisotopic (exact) mass is 228 g/mol. The second-order valence-corrected chi connectivity index (χ2v) is 4.52. The minimum atomic E-state index is 0.0655. The van der Waals surface area contributed by atoms with Crippen molar-refractivity contribution in [1.82, 2.24) is 4.90 Å². The lowest BCUT2D eigenvalue weighted by Crippen LogP contribution is -2.45. The molecule has 1 heterocycles. The van der Waals surface area contributed by atoms with E-state index in [1.165, 1.54) is 0 Å². The fraction of sp³-hybridized carbons (Fsp3) is 0.917. The molecule has 94 valence electrons. The molecular formula is C12H24N2O2. The van der Waals surface area contributed by atoms with Crippen molar-refractivity contribution < 1.29 is 9.90 Å². The molecule has 0 aromatic carbocycles. The molecule has 1 rings (SSSR count).